The highest BCUT2D eigenvalue weighted by atomic mass is 31.2. The van der Waals surface area contributed by atoms with E-state index in [1.165, 1.54) is 128 Å². The third-order valence-corrected chi connectivity index (χ3v) is 13.9. The molecule has 0 aromatic heterocycles. The molecule has 2 N–H and O–H groups in total. The molecule has 72 heavy (non-hydrogen) atoms. The third kappa shape index (κ3) is 52.3. The standard InChI is InChI=1S/C62H113N2O7P/c1-7-10-13-16-19-22-25-28-30-31-32-33-34-37-40-43-46-49-52-55-62(66)71-60(53-50-47-44-41-38-35-27-24-21-18-15-12-9-3)59(58-70-72(67,68)69-57-56-64(4,5)6)63-61(65)54-51-48-45-42-39-36-29-26-23-20-17-14-11-8-2/h11,14,19-20,22-23,28-30,36,50,53,59-60H,7-10,12-13,15-18,21,24-27,31-35,37-49,51-52,54-58H2,1-6H3,(H-,63,65,67,68)/p+1/b14-11+,22-19-,23-20+,30-28-,36-29+,53-50+. The Morgan fingerprint density at radius 1 is 0.500 bits per heavy atom. The summed E-state index contributed by atoms with van der Waals surface area (Å²) >= 11 is 0. The van der Waals surface area contributed by atoms with Crippen LogP contribution in [0.1, 0.15) is 258 Å². The van der Waals surface area contributed by atoms with Crippen molar-refractivity contribution in [3.05, 3.63) is 72.9 Å². The number of likely N-dealkylation sites (N-methyl/N-ethyl adjacent to an activating group) is 1. The minimum Gasteiger partial charge on any atom is -0.456 e. The molecule has 0 bridgehead atoms. The van der Waals surface area contributed by atoms with E-state index in [2.05, 4.69) is 86.8 Å². The first-order valence-corrected chi connectivity index (χ1v) is 31.3. The van der Waals surface area contributed by atoms with E-state index in [9.17, 15) is 19.0 Å². The van der Waals surface area contributed by atoms with Gasteiger partial charge >= 0.3 is 13.8 Å². The van der Waals surface area contributed by atoms with Crippen LogP contribution in [0.5, 0.6) is 0 Å². The summed E-state index contributed by atoms with van der Waals surface area (Å²) in [7, 11) is 1.47. The van der Waals surface area contributed by atoms with Crippen molar-refractivity contribution in [2.24, 2.45) is 0 Å². The smallest absolute Gasteiger partial charge is 0.456 e. The second-order valence-corrected chi connectivity index (χ2v) is 22.6. The molecular formula is C62H114N2O7P+. The summed E-state index contributed by atoms with van der Waals surface area (Å²) in [5.74, 6) is -0.535. The van der Waals surface area contributed by atoms with Crippen molar-refractivity contribution in [2.45, 2.75) is 270 Å². The van der Waals surface area contributed by atoms with Crippen LogP contribution >= 0.6 is 7.82 Å². The van der Waals surface area contributed by atoms with Gasteiger partial charge in [0.05, 0.1) is 33.8 Å². The Morgan fingerprint density at radius 2 is 0.889 bits per heavy atom. The highest BCUT2D eigenvalue weighted by molar-refractivity contribution is 7.47. The number of nitrogens with zero attached hydrogens (tertiary/aromatic N) is 1. The van der Waals surface area contributed by atoms with Crippen molar-refractivity contribution in [3.8, 4) is 0 Å². The summed E-state index contributed by atoms with van der Waals surface area (Å²) in [5, 5.41) is 3.04. The Morgan fingerprint density at radius 3 is 1.36 bits per heavy atom. The van der Waals surface area contributed by atoms with Crippen LogP contribution in [0.3, 0.4) is 0 Å². The minimum absolute atomic E-state index is 0.0327. The van der Waals surface area contributed by atoms with E-state index in [0.717, 1.165) is 96.3 Å². The molecule has 9 nitrogen and oxygen atoms in total. The summed E-state index contributed by atoms with van der Waals surface area (Å²) < 4.78 is 30.6. The Labute approximate surface area is 444 Å². The second-order valence-electron chi connectivity index (χ2n) is 21.1. The predicted molar refractivity (Wildman–Crippen MR) is 309 cm³/mol. The molecule has 0 saturated heterocycles. The van der Waals surface area contributed by atoms with E-state index in [1.807, 2.05) is 33.3 Å². The average Bonchev–Trinajstić information content (AvgIpc) is 3.34. The number of carbonyl (C=O) groups excluding carboxylic acids is 2. The fourth-order valence-corrected chi connectivity index (χ4v) is 9.01. The van der Waals surface area contributed by atoms with Crippen LogP contribution in [-0.4, -0.2) is 74.3 Å². The number of allylic oxidation sites excluding steroid dienone is 11. The molecule has 0 radical (unpaired) electrons. The Kier molecular flexibility index (Phi) is 50.1. The topological polar surface area (TPSA) is 111 Å². The first-order chi connectivity index (χ1) is 34.9. The van der Waals surface area contributed by atoms with Gasteiger partial charge in [-0.25, -0.2) is 4.57 Å². The van der Waals surface area contributed by atoms with E-state index in [4.69, 9.17) is 13.8 Å². The Balaban J connectivity index is 5.34. The lowest BCUT2D eigenvalue weighted by Crippen LogP contribution is -2.47. The average molecular weight is 1030 g/mol. The number of phosphoric ester groups is 1. The van der Waals surface area contributed by atoms with Gasteiger partial charge in [0.1, 0.15) is 19.3 Å². The van der Waals surface area contributed by atoms with Gasteiger partial charge in [-0.1, -0.05) is 222 Å². The van der Waals surface area contributed by atoms with Gasteiger partial charge in [-0.2, -0.15) is 0 Å². The molecule has 0 aliphatic heterocycles. The van der Waals surface area contributed by atoms with Crippen LogP contribution in [0, 0.1) is 0 Å². The number of amides is 1. The number of hydrogen-bond acceptors (Lipinski definition) is 6. The first kappa shape index (κ1) is 69.5. The van der Waals surface area contributed by atoms with Crippen molar-refractivity contribution < 1.29 is 37.3 Å². The number of rotatable bonds is 53. The fraction of sp³-hybridized carbons (Fsp3) is 0.774. The lowest BCUT2D eigenvalue weighted by Gasteiger charge is -2.27. The predicted octanol–water partition coefficient (Wildman–Crippen LogP) is 18.1. The molecule has 0 aromatic rings. The zero-order chi connectivity index (χ0) is 52.9. The van der Waals surface area contributed by atoms with Gasteiger partial charge in [-0.15, -0.1) is 0 Å². The maximum Gasteiger partial charge on any atom is 0.472 e. The number of carbonyl (C=O) groups is 2. The molecule has 0 aromatic carbocycles. The van der Waals surface area contributed by atoms with Gasteiger partial charge in [-0.3, -0.25) is 18.6 Å². The van der Waals surface area contributed by atoms with Crippen LogP contribution in [0.15, 0.2) is 72.9 Å². The highest BCUT2D eigenvalue weighted by Gasteiger charge is 2.30. The summed E-state index contributed by atoms with van der Waals surface area (Å²) in [5.41, 5.74) is 0. The largest absolute Gasteiger partial charge is 0.472 e. The Hall–Kier alpha value is -2.55. The van der Waals surface area contributed by atoms with E-state index in [-0.39, 0.29) is 31.5 Å². The van der Waals surface area contributed by atoms with Crippen molar-refractivity contribution in [1.82, 2.24) is 5.32 Å². The quantitative estimate of drug-likeness (QED) is 0.0205. The molecule has 0 aliphatic rings. The maximum absolute atomic E-state index is 13.5. The third-order valence-electron chi connectivity index (χ3n) is 12.9. The fourth-order valence-electron chi connectivity index (χ4n) is 8.28. The van der Waals surface area contributed by atoms with Gasteiger partial charge in [0.15, 0.2) is 0 Å². The Bertz CT molecular complexity index is 1460. The molecule has 1 amide bonds. The SMILES string of the molecule is CC/C=C/C/C=C/C/C=C/CCCCCCC(=O)NC(COP(=O)(O)OCC[N+](C)(C)C)C(/C=C/CCCCCCCCCCCCC)OC(=O)CCCCCCCCCCC/C=C\C/C=C\CCCCC. The van der Waals surface area contributed by atoms with E-state index < -0.39 is 20.0 Å². The van der Waals surface area contributed by atoms with Gasteiger partial charge < -0.3 is 19.4 Å². The number of esters is 1. The molecule has 418 valence electrons. The molecule has 0 spiro atoms. The molecule has 0 rings (SSSR count). The van der Waals surface area contributed by atoms with Crippen LogP contribution < -0.4 is 5.32 Å². The van der Waals surface area contributed by atoms with Crippen LogP contribution in [0.2, 0.25) is 0 Å². The van der Waals surface area contributed by atoms with E-state index in [0.29, 0.717) is 17.4 Å². The maximum atomic E-state index is 13.5. The van der Waals surface area contributed by atoms with Crippen molar-refractivity contribution in [2.75, 3.05) is 40.9 Å². The lowest BCUT2D eigenvalue weighted by molar-refractivity contribution is -0.870. The highest BCUT2D eigenvalue weighted by Crippen LogP contribution is 2.43. The number of nitrogens with one attached hydrogen (secondary N) is 1. The molecule has 0 heterocycles. The van der Waals surface area contributed by atoms with Crippen molar-refractivity contribution in [1.29, 1.82) is 0 Å². The van der Waals surface area contributed by atoms with E-state index in [1.54, 1.807) is 0 Å². The summed E-state index contributed by atoms with van der Waals surface area (Å²) in [6, 6.07) is -0.863. The molecule has 0 aliphatic carbocycles. The summed E-state index contributed by atoms with van der Waals surface area (Å²) in [6.07, 6.45) is 66.1. The summed E-state index contributed by atoms with van der Waals surface area (Å²) in [6.45, 7) is 6.86. The normalized spacial score (nSPS) is 14.3. The first-order valence-electron chi connectivity index (χ1n) is 29.8. The van der Waals surface area contributed by atoms with Crippen LogP contribution in [-0.2, 0) is 27.9 Å². The van der Waals surface area contributed by atoms with Gasteiger partial charge in [0.2, 0.25) is 5.91 Å². The van der Waals surface area contributed by atoms with E-state index >= 15 is 0 Å². The minimum atomic E-state index is -4.45. The van der Waals surface area contributed by atoms with Gasteiger partial charge in [0.25, 0.3) is 0 Å². The van der Waals surface area contributed by atoms with Gasteiger partial charge in [0, 0.05) is 12.8 Å². The number of unbranched alkanes of at least 4 members (excludes halogenated alkanes) is 27. The molecule has 10 heteroatoms. The zero-order valence-corrected chi connectivity index (χ0v) is 48.6. The molecule has 0 saturated carbocycles. The van der Waals surface area contributed by atoms with Gasteiger partial charge in [-0.05, 0) is 96.0 Å². The number of hydrogen-bond donors (Lipinski definition) is 2. The lowest BCUT2D eigenvalue weighted by atomic mass is 10.0. The molecular weight excluding hydrogens is 916 g/mol. The number of ether oxygens (including phenoxy) is 1. The zero-order valence-electron chi connectivity index (χ0n) is 47.7. The van der Waals surface area contributed by atoms with Crippen molar-refractivity contribution >= 4 is 19.7 Å². The molecule has 3 atom stereocenters. The summed E-state index contributed by atoms with van der Waals surface area (Å²) in [4.78, 5) is 37.6. The number of quaternary nitrogens is 1. The number of phosphoric acid groups is 1. The van der Waals surface area contributed by atoms with Crippen LogP contribution in [0.25, 0.3) is 0 Å². The monoisotopic (exact) mass is 1030 g/mol. The molecule has 0 fully saturated rings. The van der Waals surface area contributed by atoms with Crippen LogP contribution in [0.4, 0.5) is 0 Å². The second kappa shape index (κ2) is 51.9. The molecule has 3 unspecified atom stereocenters. The van der Waals surface area contributed by atoms with Crippen molar-refractivity contribution in [3.63, 3.8) is 0 Å².